The summed E-state index contributed by atoms with van der Waals surface area (Å²) in [6.07, 6.45) is 3.76. The fourth-order valence-electron chi connectivity index (χ4n) is 2.50. The van der Waals surface area contributed by atoms with Gasteiger partial charge in [0.1, 0.15) is 10.7 Å². The molecule has 1 heterocycles. The Morgan fingerprint density at radius 2 is 2.26 bits per heavy atom. The highest BCUT2D eigenvalue weighted by Crippen LogP contribution is 2.31. The monoisotopic (exact) mass is 282 g/mol. The molecule has 0 bridgehead atoms. The van der Waals surface area contributed by atoms with Gasteiger partial charge in [-0.3, -0.25) is 4.79 Å². The van der Waals surface area contributed by atoms with Gasteiger partial charge in [-0.2, -0.15) is 0 Å². The molecule has 0 saturated heterocycles. The molecule has 1 aromatic rings. The molecule has 1 fully saturated rings. The van der Waals surface area contributed by atoms with E-state index in [2.05, 4.69) is 17.2 Å². The van der Waals surface area contributed by atoms with Crippen molar-refractivity contribution in [2.24, 2.45) is 11.8 Å². The van der Waals surface area contributed by atoms with E-state index in [1.54, 1.807) is 0 Å². The van der Waals surface area contributed by atoms with Crippen molar-refractivity contribution in [3.63, 3.8) is 0 Å². The molecule has 0 spiro atoms. The third kappa shape index (κ3) is 3.18. The van der Waals surface area contributed by atoms with Gasteiger partial charge in [0.2, 0.25) is 0 Å². The zero-order valence-corrected chi connectivity index (χ0v) is 12.6. The number of nitrogens with zero attached hydrogens (tertiary/aromatic N) is 2. The highest BCUT2D eigenvalue weighted by molar-refractivity contribution is 7.18. The summed E-state index contributed by atoms with van der Waals surface area (Å²) in [4.78, 5) is 18.7. The number of carbonyl (C=O) groups is 1. The second kappa shape index (κ2) is 5.77. The number of hydrogen-bond donors (Lipinski definition) is 2. The summed E-state index contributed by atoms with van der Waals surface area (Å²) in [6.45, 7) is 3.00. The minimum Gasteiger partial charge on any atom is -0.382 e. The minimum absolute atomic E-state index is 0.0952. The van der Waals surface area contributed by atoms with E-state index in [4.69, 9.17) is 5.73 Å². The molecule has 106 valence electrons. The quantitative estimate of drug-likeness (QED) is 0.885. The van der Waals surface area contributed by atoms with Crippen LogP contribution in [0.25, 0.3) is 0 Å². The molecule has 1 aliphatic carbocycles. The largest absolute Gasteiger partial charge is 0.382 e. The molecule has 2 rings (SSSR count). The van der Waals surface area contributed by atoms with Crippen LogP contribution >= 0.6 is 11.3 Å². The van der Waals surface area contributed by atoms with Crippen LogP contribution in [-0.4, -0.2) is 31.5 Å². The Balaban J connectivity index is 1.96. The van der Waals surface area contributed by atoms with Gasteiger partial charge < -0.3 is 16.0 Å². The molecule has 2 unspecified atom stereocenters. The van der Waals surface area contributed by atoms with E-state index in [0.29, 0.717) is 22.5 Å². The first-order valence-corrected chi connectivity index (χ1v) is 7.52. The topological polar surface area (TPSA) is 71.2 Å². The van der Waals surface area contributed by atoms with E-state index in [1.165, 1.54) is 30.6 Å². The first kappa shape index (κ1) is 14.1. The molecule has 1 aliphatic rings. The second-order valence-electron chi connectivity index (χ2n) is 5.48. The predicted molar refractivity (Wildman–Crippen MR) is 79.7 cm³/mol. The Morgan fingerprint density at radius 1 is 1.53 bits per heavy atom. The average Bonchev–Trinajstić information content (AvgIpc) is 2.93. The summed E-state index contributed by atoms with van der Waals surface area (Å²) < 4.78 is 0. The number of carbonyl (C=O) groups excluding carboxylic acids is 1. The number of nitrogen functional groups attached to an aromatic ring is 1. The van der Waals surface area contributed by atoms with Crippen LogP contribution in [0.2, 0.25) is 0 Å². The number of amides is 1. The van der Waals surface area contributed by atoms with Crippen LogP contribution < -0.4 is 16.0 Å². The molecule has 0 aliphatic heterocycles. The fourth-order valence-corrected chi connectivity index (χ4v) is 3.33. The van der Waals surface area contributed by atoms with Crippen LogP contribution in [0.1, 0.15) is 35.9 Å². The van der Waals surface area contributed by atoms with Gasteiger partial charge in [0.15, 0.2) is 5.13 Å². The Kier molecular flexibility index (Phi) is 4.29. The fraction of sp³-hybridized carbons (Fsp3) is 0.692. The van der Waals surface area contributed by atoms with Gasteiger partial charge in [-0.05, 0) is 18.3 Å². The summed E-state index contributed by atoms with van der Waals surface area (Å²) in [6, 6.07) is 0. The van der Waals surface area contributed by atoms with E-state index in [1.807, 2.05) is 19.0 Å². The van der Waals surface area contributed by atoms with Gasteiger partial charge in [-0.15, -0.1) is 0 Å². The zero-order valence-electron chi connectivity index (χ0n) is 11.8. The molecule has 6 heteroatoms. The number of nitrogens with two attached hydrogens (primary N) is 1. The molecule has 1 aromatic heterocycles. The Bertz CT molecular complexity index is 457. The van der Waals surface area contributed by atoms with Crippen molar-refractivity contribution < 1.29 is 4.79 Å². The van der Waals surface area contributed by atoms with Crippen molar-refractivity contribution >= 4 is 28.2 Å². The lowest BCUT2D eigenvalue weighted by molar-refractivity contribution is 0.0949. The first-order chi connectivity index (χ1) is 8.99. The smallest absolute Gasteiger partial charge is 0.265 e. The van der Waals surface area contributed by atoms with Crippen molar-refractivity contribution in [1.29, 1.82) is 0 Å². The predicted octanol–water partition coefficient (Wildman–Crippen LogP) is 1.96. The Hall–Kier alpha value is -1.30. The molecule has 3 N–H and O–H groups in total. The van der Waals surface area contributed by atoms with E-state index in [9.17, 15) is 4.79 Å². The maximum absolute atomic E-state index is 12.1. The lowest BCUT2D eigenvalue weighted by Gasteiger charge is -2.15. The van der Waals surface area contributed by atoms with Crippen LogP contribution in [0, 0.1) is 11.8 Å². The lowest BCUT2D eigenvalue weighted by atomic mass is 9.98. The van der Waals surface area contributed by atoms with Gasteiger partial charge in [-0.25, -0.2) is 4.98 Å². The van der Waals surface area contributed by atoms with Gasteiger partial charge in [0.05, 0.1) is 0 Å². The molecule has 1 amide bonds. The van der Waals surface area contributed by atoms with Gasteiger partial charge in [-0.1, -0.05) is 31.1 Å². The summed E-state index contributed by atoms with van der Waals surface area (Å²) in [5.41, 5.74) is 5.80. The standard InChI is InChI=1S/C13H22N4OS/c1-8-5-4-6-9(8)7-15-12(18)10-11(14)16-13(19-10)17(2)3/h8-9H,4-7,14H2,1-3H3,(H,15,18). The number of aromatic nitrogens is 1. The third-order valence-corrected chi connectivity index (χ3v) is 5.03. The maximum atomic E-state index is 12.1. The molecule has 1 saturated carbocycles. The summed E-state index contributed by atoms with van der Waals surface area (Å²) in [5.74, 6) is 1.54. The van der Waals surface area contributed by atoms with Gasteiger partial charge in [0, 0.05) is 20.6 Å². The van der Waals surface area contributed by atoms with Crippen molar-refractivity contribution in [3.8, 4) is 0 Å². The van der Waals surface area contributed by atoms with Crippen molar-refractivity contribution in [2.75, 3.05) is 31.3 Å². The zero-order chi connectivity index (χ0) is 14.0. The average molecular weight is 282 g/mol. The highest BCUT2D eigenvalue weighted by Gasteiger charge is 2.24. The number of thiazole rings is 1. The summed E-state index contributed by atoms with van der Waals surface area (Å²) >= 11 is 1.34. The molecular formula is C13H22N4OS. The molecular weight excluding hydrogens is 260 g/mol. The van der Waals surface area contributed by atoms with E-state index >= 15 is 0 Å². The first-order valence-electron chi connectivity index (χ1n) is 6.71. The molecule has 0 aromatic carbocycles. The van der Waals surface area contributed by atoms with E-state index in [-0.39, 0.29) is 5.91 Å². The van der Waals surface area contributed by atoms with Gasteiger partial charge in [0.25, 0.3) is 5.91 Å². The minimum atomic E-state index is -0.0952. The molecule has 19 heavy (non-hydrogen) atoms. The maximum Gasteiger partial charge on any atom is 0.265 e. The van der Waals surface area contributed by atoms with Crippen molar-refractivity contribution in [2.45, 2.75) is 26.2 Å². The van der Waals surface area contributed by atoms with Crippen LogP contribution in [0.3, 0.4) is 0 Å². The van der Waals surface area contributed by atoms with Crippen LogP contribution in [0.15, 0.2) is 0 Å². The lowest BCUT2D eigenvalue weighted by Crippen LogP contribution is -2.30. The number of anilines is 2. The number of nitrogens with one attached hydrogen (secondary N) is 1. The van der Waals surface area contributed by atoms with Crippen LogP contribution in [0.4, 0.5) is 10.9 Å². The Morgan fingerprint density at radius 3 is 2.79 bits per heavy atom. The third-order valence-electron chi connectivity index (χ3n) is 3.79. The number of hydrogen-bond acceptors (Lipinski definition) is 5. The van der Waals surface area contributed by atoms with E-state index in [0.717, 1.165) is 11.7 Å². The molecule has 0 radical (unpaired) electrons. The van der Waals surface area contributed by atoms with Gasteiger partial charge >= 0.3 is 0 Å². The molecule has 2 atom stereocenters. The van der Waals surface area contributed by atoms with Crippen molar-refractivity contribution in [3.05, 3.63) is 4.88 Å². The number of rotatable bonds is 4. The van der Waals surface area contributed by atoms with Crippen LogP contribution in [0.5, 0.6) is 0 Å². The SMILES string of the molecule is CC1CCCC1CNC(=O)c1sc(N(C)C)nc1N. The van der Waals surface area contributed by atoms with Crippen LogP contribution in [-0.2, 0) is 0 Å². The summed E-state index contributed by atoms with van der Waals surface area (Å²) in [7, 11) is 3.78. The Labute approximate surface area is 118 Å². The highest BCUT2D eigenvalue weighted by atomic mass is 32.1. The van der Waals surface area contributed by atoms with Crippen molar-refractivity contribution in [1.82, 2.24) is 10.3 Å². The molecule has 5 nitrogen and oxygen atoms in total. The normalized spacial score (nSPS) is 22.5. The van der Waals surface area contributed by atoms with E-state index < -0.39 is 0 Å². The summed E-state index contributed by atoms with van der Waals surface area (Å²) in [5, 5.41) is 3.76. The second-order valence-corrected chi connectivity index (χ2v) is 6.46.